The second-order valence-corrected chi connectivity index (χ2v) is 5.64. The molecule has 0 amide bonds. The van der Waals surface area contributed by atoms with Gasteiger partial charge >= 0.3 is 0 Å². The molecule has 0 unspecified atom stereocenters. The molecule has 108 valence electrons. The SMILES string of the molecule is c1coc([C@@H]2CCCN2CCn2cnc3ccccc32)c1. The first-order valence-corrected chi connectivity index (χ1v) is 7.59. The van der Waals surface area contributed by atoms with E-state index in [1.807, 2.05) is 18.5 Å². The lowest BCUT2D eigenvalue weighted by molar-refractivity contribution is 0.221. The number of fused-ring (bicyclic) bond motifs is 1. The van der Waals surface area contributed by atoms with E-state index < -0.39 is 0 Å². The van der Waals surface area contributed by atoms with Crippen molar-refractivity contribution in [2.45, 2.75) is 25.4 Å². The average molecular weight is 281 g/mol. The molecule has 21 heavy (non-hydrogen) atoms. The summed E-state index contributed by atoms with van der Waals surface area (Å²) in [5.74, 6) is 1.10. The Labute approximate surface area is 124 Å². The van der Waals surface area contributed by atoms with Gasteiger partial charge in [-0.15, -0.1) is 0 Å². The molecule has 0 radical (unpaired) electrons. The van der Waals surface area contributed by atoms with E-state index in [1.54, 1.807) is 6.26 Å². The number of hydrogen-bond donors (Lipinski definition) is 0. The van der Waals surface area contributed by atoms with Gasteiger partial charge in [0.15, 0.2) is 0 Å². The Balaban J connectivity index is 1.49. The van der Waals surface area contributed by atoms with E-state index in [9.17, 15) is 0 Å². The van der Waals surface area contributed by atoms with Gasteiger partial charge in [0.2, 0.25) is 0 Å². The van der Waals surface area contributed by atoms with Crippen molar-refractivity contribution in [3.63, 3.8) is 0 Å². The number of aromatic nitrogens is 2. The number of rotatable bonds is 4. The lowest BCUT2D eigenvalue weighted by atomic mass is 10.1. The third kappa shape index (κ3) is 2.36. The minimum atomic E-state index is 0.440. The van der Waals surface area contributed by atoms with Crippen LogP contribution in [-0.2, 0) is 6.54 Å². The lowest BCUT2D eigenvalue weighted by Crippen LogP contribution is -2.26. The number of furan rings is 1. The van der Waals surface area contributed by atoms with Gasteiger partial charge in [-0.1, -0.05) is 12.1 Å². The first kappa shape index (κ1) is 12.7. The fourth-order valence-electron chi connectivity index (χ4n) is 3.32. The van der Waals surface area contributed by atoms with Crippen LogP contribution in [0.25, 0.3) is 11.0 Å². The van der Waals surface area contributed by atoms with E-state index in [1.165, 1.54) is 18.4 Å². The molecule has 0 spiro atoms. The van der Waals surface area contributed by atoms with Gasteiger partial charge in [0.1, 0.15) is 5.76 Å². The van der Waals surface area contributed by atoms with Gasteiger partial charge in [0.05, 0.1) is 29.7 Å². The molecular weight excluding hydrogens is 262 g/mol. The largest absolute Gasteiger partial charge is 0.468 e. The Hall–Kier alpha value is -2.07. The van der Waals surface area contributed by atoms with Crippen LogP contribution in [0.2, 0.25) is 0 Å². The predicted octanol–water partition coefficient (Wildman–Crippen LogP) is 3.47. The number of imidazole rings is 1. The van der Waals surface area contributed by atoms with Crippen LogP contribution in [0.15, 0.2) is 53.4 Å². The van der Waals surface area contributed by atoms with E-state index in [4.69, 9.17) is 4.42 Å². The molecule has 0 bridgehead atoms. The van der Waals surface area contributed by atoms with Gasteiger partial charge in [-0.3, -0.25) is 4.90 Å². The number of likely N-dealkylation sites (tertiary alicyclic amines) is 1. The van der Waals surface area contributed by atoms with E-state index in [-0.39, 0.29) is 0 Å². The molecule has 1 aliphatic rings. The molecule has 1 aliphatic heterocycles. The van der Waals surface area contributed by atoms with E-state index in [0.717, 1.165) is 30.9 Å². The first-order valence-electron chi connectivity index (χ1n) is 7.59. The minimum absolute atomic E-state index is 0.440. The van der Waals surface area contributed by atoms with Gasteiger partial charge in [0.25, 0.3) is 0 Å². The van der Waals surface area contributed by atoms with Gasteiger partial charge < -0.3 is 8.98 Å². The zero-order valence-corrected chi connectivity index (χ0v) is 12.0. The molecule has 3 heterocycles. The summed E-state index contributed by atoms with van der Waals surface area (Å²) < 4.78 is 7.84. The second-order valence-electron chi connectivity index (χ2n) is 5.64. The molecule has 1 atom stereocenters. The van der Waals surface area contributed by atoms with Gasteiger partial charge in [-0.05, 0) is 43.7 Å². The molecular formula is C17H19N3O. The third-order valence-corrected chi connectivity index (χ3v) is 4.39. The van der Waals surface area contributed by atoms with Crippen LogP contribution < -0.4 is 0 Å². The molecule has 1 fully saturated rings. The first-order chi connectivity index (χ1) is 10.4. The van der Waals surface area contributed by atoms with Gasteiger partial charge in [0, 0.05) is 13.1 Å². The summed E-state index contributed by atoms with van der Waals surface area (Å²) in [6, 6.07) is 12.8. The van der Waals surface area contributed by atoms with Crippen molar-refractivity contribution in [3.05, 3.63) is 54.7 Å². The van der Waals surface area contributed by atoms with E-state index >= 15 is 0 Å². The zero-order valence-electron chi connectivity index (χ0n) is 12.0. The standard InChI is InChI=1S/C17H19N3O/c1-2-6-15-14(5-1)18-13-20(15)11-10-19-9-3-7-16(19)17-8-4-12-21-17/h1-2,4-6,8,12-13,16H,3,7,9-11H2/t16-/m0/s1. The molecule has 2 aromatic heterocycles. The van der Waals surface area contributed by atoms with Crippen molar-refractivity contribution in [2.24, 2.45) is 0 Å². The van der Waals surface area contributed by atoms with E-state index in [2.05, 4.69) is 38.7 Å². The monoisotopic (exact) mass is 281 g/mol. The maximum Gasteiger partial charge on any atom is 0.120 e. The van der Waals surface area contributed by atoms with E-state index in [0.29, 0.717) is 6.04 Å². The smallest absolute Gasteiger partial charge is 0.120 e. The molecule has 3 aromatic rings. The highest BCUT2D eigenvalue weighted by molar-refractivity contribution is 5.74. The fourth-order valence-corrected chi connectivity index (χ4v) is 3.32. The van der Waals surface area contributed by atoms with Crippen LogP contribution in [0.5, 0.6) is 0 Å². The number of benzene rings is 1. The fraction of sp³-hybridized carbons (Fsp3) is 0.353. The number of para-hydroxylation sites is 2. The summed E-state index contributed by atoms with van der Waals surface area (Å²) in [6.45, 7) is 3.15. The summed E-state index contributed by atoms with van der Waals surface area (Å²) in [5.41, 5.74) is 2.28. The quantitative estimate of drug-likeness (QED) is 0.734. The maximum absolute atomic E-state index is 5.59. The Kier molecular flexibility index (Phi) is 3.24. The van der Waals surface area contributed by atoms with Crippen molar-refractivity contribution in [2.75, 3.05) is 13.1 Å². The highest BCUT2D eigenvalue weighted by Crippen LogP contribution is 2.31. The summed E-state index contributed by atoms with van der Waals surface area (Å²) in [5, 5.41) is 0. The molecule has 0 N–H and O–H groups in total. The lowest BCUT2D eigenvalue weighted by Gasteiger charge is -2.23. The third-order valence-electron chi connectivity index (χ3n) is 4.39. The van der Waals surface area contributed by atoms with Crippen LogP contribution in [0.4, 0.5) is 0 Å². The molecule has 0 saturated carbocycles. The number of nitrogens with zero attached hydrogens (tertiary/aromatic N) is 3. The predicted molar refractivity (Wildman–Crippen MR) is 82.0 cm³/mol. The van der Waals surface area contributed by atoms with Crippen LogP contribution >= 0.6 is 0 Å². The van der Waals surface area contributed by atoms with Crippen LogP contribution in [-0.4, -0.2) is 27.5 Å². The van der Waals surface area contributed by atoms with Crippen molar-refractivity contribution < 1.29 is 4.42 Å². The summed E-state index contributed by atoms with van der Waals surface area (Å²) in [7, 11) is 0. The average Bonchev–Trinajstić information content (AvgIpc) is 3.25. The Morgan fingerprint density at radius 1 is 1.14 bits per heavy atom. The summed E-state index contributed by atoms with van der Waals surface area (Å²) in [6.07, 6.45) is 6.16. The summed E-state index contributed by atoms with van der Waals surface area (Å²) >= 11 is 0. The Morgan fingerprint density at radius 3 is 3.00 bits per heavy atom. The Bertz CT molecular complexity index is 717. The van der Waals surface area contributed by atoms with Crippen LogP contribution in [0.1, 0.15) is 24.6 Å². The van der Waals surface area contributed by atoms with Gasteiger partial charge in [-0.2, -0.15) is 0 Å². The molecule has 4 nitrogen and oxygen atoms in total. The molecule has 0 aliphatic carbocycles. The highest BCUT2D eigenvalue weighted by Gasteiger charge is 2.27. The van der Waals surface area contributed by atoms with Crippen LogP contribution in [0.3, 0.4) is 0 Å². The van der Waals surface area contributed by atoms with Crippen molar-refractivity contribution >= 4 is 11.0 Å². The van der Waals surface area contributed by atoms with Crippen LogP contribution in [0, 0.1) is 0 Å². The highest BCUT2D eigenvalue weighted by atomic mass is 16.3. The number of hydrogen-bond acceptors (Lipinski definition) is 3. The minimum Gasteiger partial charge on any atom is -0.468 e. The normalized spacial score (nSPS) is 19.5. The summed E-state index contributed by atoms with van der Waals surface area (Å²) in [4.78, 5) is 6.98. The topological polar surface area (TPSA) is 34.2 Å². The Morgan fingerprint density at radius 2 is 2.10 bits per heavy atom. The molecule has 4 heteroatoms. The molecule has 1 aromatic carbocycles. The maximum atomic E-state index is 5.59. The molecule has 4 rings (SSSR count). The van der Waals surface area contributed by atoms with Gasteiger partial charge in [-0.25, -0.2) is 4.98 Å². The van der Waals surface area contributed by atoms with Crippen molar-refractivity contribution in [1.29, 1.82) is 0 Å². The zero-order chi connectivity index (χ0) is 14.1. The van der Waals surface area contributed by atoms with Crippen molar-refractivity contribution in [3.8, 4) is 0 Å². The van der Waals surface area contributed by atoms with Crippen molar-refractivity contribution in [1.82, 2.24) is 14.5 Å². The second kappa shape index (κ2) is 5.37. The molecule has 1 saturated heterocycles.